The van der Waals surface area contributed by atoms with Gasteiger partial charge < -0.3 is 9.73 Å². The van der Waals surface area contributed by atoms with Crippen LogP contribution in [0.2, 0.25) is 0 Å². The summed E-state index contributed by atoms with van der Waals surface area (Å²) in [6.07, 6.45) is 5.43. The molecule has 0 fully saturated rings. The molecule has 0 aliphatic carbocycles. The first-order valence-electron chi connectivity index (χ1n) is 5.46. The lowest BCUT2D eigenvalue weighted by Gasteiger charge is -2.05. The Bertz CT molecular complexity index is 602. The molecule has 1 amide bonds. The molecular formula is C11H11BrN4O2S. The number of aromatic nitrogens is 3. The number of halogens is 1. The minimum Gasteiger partial charge on any atom is -0.448 e. The second-order valence-electron chi connectivity index (χ2n) is 3.49. The molecular weight excluding hydrogens is 332 g/mol. The number of carbonyl (C=O) groups is 1. The van der Waals surface area contributed by atoms with Crippen LogP contribution in [0.25, 0.3) is 0 Å². The number of hydrogen-bond donors (Lipinski definition) is 1. The van der Waals surface area contributed by atoms with Gasteiger partial charge in [0.25, 0.3) is 5.91 Å². The Labute approximate surface area is 122 Å². The van der Waals surface area contributed by atoms with Crippen molar-refractivity contribution in [3.05, 3.63) is 28.5 Å². The molecule has 2 aromatic heterocycles. The Balaban J connectivity index is 2.18. The number of carbonyl (C=O) groups excluding carboxylic acids is 1. The summed E-state index contributed by atoms with van der Waals surface area (Å²) in [5.74, 6) is 0.567. The summed E-state index contributed by atoms with van der Waals surface area (Å²) < 4.78 is 5.74. The highest BCUT2D eigenvalue weighted by Crippen LogP contribution is 2.22. The molecule has 0 aliphatic heterocycles. The third kappa shape index (κ3) is 3.32. The fourth-order valence-electron chi connectivity index (χ4n) is 1.29. The lowest BCUT2D eigenvalue weighted by molar-refractivity contribution is 0.102. The first-order chi connectivity index (χ1) is 9.13. The summed E-state index contributed by atoms with van der Waals surface area (Å²) in [5, 5.41) is 3.24. The van der Waals surface area contributed by atoms with Crippen molar-refractivity contribution in [2.75, 3.05) is 11.6 Å². The molecule has 100 valence electrons. The van der Waals surface area contributed by atoms with Gasteiger partial charge in [0.15, 0.2) is 22.6 Å². The van der Waals surface area contributed by atoms with Crippen LogP contribution in [0.3, 0.4) is 0 Å². The second-order valence-corrected chi connectivity index (χ2v) is 5.12. The van der Waals surface area contributed by atoms with E-state index >= 15 is 0 Å². The van der Waals surface area contributed by atoms with Crippen LogP contribution in [0.5, 0.6) is 0 Å². The minimum atomic E-state index is -0.366. The molecule has 0 bridgehead atoms. The molecule has 0 aliphatic rings. The van der Waals surface area contributed by atoms with Crippen LogP contribution in [-0.2, 0) is 6.42 Å². The topological polar surface area (TPSA) is 80.9 Å². The lowest BCUT2D eigenvalue weighted by Crippen LogP contribution is -2.14. The summed E-state index contributed by atoms with van der Waals surface area (Å²) in [6.45, 7) is 1.90. The highest BCUT2D eigenvalue weighted by molar-refractivity contribution is 9.10. The first-order valence-corrected chi connectivity index (χ1v) is 7.48. The molecule has 0 saturated carbocycles. The molecule has 0 atom stereocenters. The molecule has 0 saturated heterocycles. The predicted molar refractivity (Wildman–Crippen MR) is 75.3 cm³/mol. The molecule has 0 aromatic carbocycles. The number of thioether (sulfide) groups is 1. The maximum atomic E-state index is 12.0. The van der Waals surface area contributed by atoms with Crippen molar-refractivity contribution in [3.8, 4) is 0 Å². The lowest BCUT2D eigenvalue weighted by atomic mass is 10.4. The minimum absolute atomic E-state index is 0.230. The second kappa shape index (κ2) is 6.16. The molecule has 2 heterocycles. The van der Waals surface area contributed by atoms with E-state index in [4.69, 9.17) is 4.42 Å². The summed E-state index contributed by atoms with van der Waals surface area (Å²) in [5.41, 5.74) is 0.230. The van der Waals surface area contributed by atoms with Gasteiger partial charge in [0.1, 0.15) is 6.26 Å². The van der Waals surface area contributed by atoms with E-state index < -0.39 is 0 Å². The van der Waals surface area contributed by atoms with Gasteiger partial charge in [0.05, 0.1) is 4.47 Å². The Kier molecular flexibility index (Phi) is 4.54. The SMILES string of the molecule is CCc1nc(C(=O)Nc2nc(SC)ncc2Br)co1. The number of rotatable bonds is 4. The van der Waals surface area contributed by atoms with Crippen LogP contribution < -0.4 is 5.32 Å². The maximum Gasteiger partial charge on any atom is 0.278 e. The molecule has 2 rings (SSSR count). The van der Waals surface area contributed by atoms with Crippen LogP contribution in [-0.4, -0.2) is 27.1 Å². The number of nitrogens with one attached hydrogen (secondary N) is 1. The predicted octanol–water partition coefficient (Wildman–Crippen LogP) is 2.76. The smallest absolute Gasteiger partial charge is 0.278 e. The normalized spacial score (nSPS) is 10.5. The Hall–Kier alpha value is -1.41. The van der Waals surface area contributed by atoms with Crippen molar-refractivity contribution >= 4 is 39.4 Å². The van der Waals surface area contributed by atoms with E-state index in [9.17, 15) is 4.79 Å². The van der Waals surface area contributed by atoms with Gasteiger partial charge in [0, 0.05) is 12.6 Å². The zero-order valence-electron chi connectivity index (χ0n) is 10.3. The van der Waals surface area contributed by atoms with Gasteiger partial charge in [-0.3, -0.25) is 4.79 Å². The average Bonchev–Trinajstić information content (AvgIpc) is 2.90. The highest BCUT2D eigenvalue weighted by Gasteiger charge is 2.14. The molecule has 1 N–H and O–H groups in total. The van der Waals surface area contributed by atoms with E-state index in [0.29, 0.717) is 27.8 Å². The molecule has 2 aromatic rings. The number of aryl methyl sites for hydroxylation is 1. The van der Waals surface area contributed by atoms with Crippen LogP contribution in [0, 0.1) is 0 Å². The number of anilines is 1. The fourth-order valence-corrected chi connectivity index (χ4v) is 1.92. The number of oxazole rings is 1. The van der Waals surface area contributed by atoms with Crippen molar-refractivity contribution in [2.24, 2.45) is 0 Å². The zero-order chi connectivity index (χ0) is 13.8. The molecule has 19 heavy (non-hydrogen) atoms. The van der Waals surface area contributed by atoms with Gasteiger partial charge in [-0.1, -0.05) is 18.7 Å². The van der Waals surface area contributed by atoms with Gasteiger partial charge in [0.2, 0.25) is 0 Å². The van der Waals surface area contributed by atoms with Crippen molar-refractivity contribution in [3.63, 3.8) is 0 Å². The van der Waals surface area contributed by atoms with Crippen molar-refractivity contribution in [1.82, 2.24) is 15.0 Å². The maximum absolute atomic E-state index is 12.0. The van der Waals surface area contributed by atoms with Gasteiger partial charge in [-0.05, 0) is 22.2 Å². The van der Waals surface area contributed by atoms with Crippen LogP contribution in [0.1, 0.15) is 23.3 Å². The zero-order valence-corrected chi connectivity index (χ0v) is 12.7. The number of nitrogens with zero attached hydrogens (tertiary/aromatic N) is 3. The summed E-state index contributed by atoms with van der Waals surface area (Å²) in [4.78, 5) is 24.3. The van der Waals surface area contributed by atoms with E-state index in [1.807, 2.05) is 13.2 Å². The number of hydrogen-bond acceptors (Lipinski definition) is 6. The largest absolute Gasteiger partial charge is 0.448 e. The fraction of sp³-hybridized carbons (Fsp3) is 0.273. The van der Waals surface area contributed by atoms with Gasteiger partial charge in [-0.15, -0.1) is 0 Å². The standard InChI is InChI=1S/C11H11BrN4O2S/c1-3-8-14-7(5-18-8)10(17)15-9-6(12)4-13-11(16-9)19-2/h4-5H,3H2,1-2H3,(H,13,15,16,17). The Morgan fingerprint density at radius 1 is 1.53 bits per heavy atom. The quantitative estimate of drug-likeness (QED) is 0.679. The van der Waals surface area contributed by atoms with Crippen molar-refractivity contribution < 1.29 is 9.21 Å². The third-order valence-electron chi connectivity index (χ3n) is 2.22. The number of amides is 1. The molecule has 0 spiro atoms. The molecule has 6 nitrogen and oxygen atoms in total. The van der Waals surface area contributed by atoms with Crippen LogP contribution >= 0.6 is 27.7 Å². The molecule has 0 radical (unpaired) electrons. The Morgan fingerprint density at radius 3 is 2.95 bits per heavy atom. The van der Waals surface area contributed by atoms with Crippen LogP contribution in [0.4, 0.5) is 5.82 Å². The van der Waals surface area contributed by atoms with E-state index in [-0.39, 0.29) is 11.6 Å². The van der Waals surface area contributed by atoms with Crippen molar-refractivity contribution in [2.45, 2.75) is 18.5 Å². The Morgan fingerprint density at radius 2 is 2.32 bits per heavy atom. The highest BCUT2D eigenvalue weighted by atomic mass is 79.9. The monoisotopic (exact) mass is 342 g/mol. The summed E-state index contributed by atoms with van der Waals surface area (Å²) in [7, 11) is 0. The van der Waals surface area contributed by atoms with Gasteiger partial charge in [-0.25, -0.2) is 15.0 Å². The summed E-state index contributed by atoms with van der Waals surface area (Å²) >= 11 is 4.68. The van der Waals surface area contributed by atoms with Crippen LogP contribution in [0.15, 0.2) is 26.5 Å². The van der Waals surface area contributed by atoms with Crippen molar-refractivity contribution in [1.29, 1.82) is 0 Å². The van der Waals surface area contributed by atoms with E-state index in [1.165, 1.54) is 18.0 Å². The van der Waals surface area contributed by atoms with Gasteiger partial charge >= 0.3 is 0 Å². The van der Waals surface area contributed by atoms with E-state index in [0.717, 1.165) is 0 Å². The van der Waals surface area contributed by atoms with Gasteiger partial charge in [-0.2, -0.15) is 0 Å². The third-order valence-corrected chi connectivity index (χ3v) is 3.37. The molecule has 8 heteroatoms. The summed E-state index contributed by atoms with van der Waals surface area (Å²) in [6, 6.07) is 0. The van der Waals surface area contributed by atoms with E-state index in [2.05, 4.69) is 36.2 Å². The molecule has 0 unspecified atom stereocenters. The van der Waals surface area contributed by atoms with E-state index in [1.54, 1.807) is 6.20 Å². The first kappa shape index (κ1) is 14.0. The average molecular weight is 343 g/mol.